The van der Waals surface area contributed by atoms with Crippen molar-refractivity contribution in [1.29, 1.82) is 0 Å². The monoisotopic (exact) mass is 247 g/mol. The second-order valence-electron chi connectivity index (χ2n) is 5.40. The summed E-state index contributed by atoms with van der Waals surface area (Å²) in [6.07, 6.45) is 2.42. The highest BCUT2D eigenvalue weighted by Crippen LogP contribution is 2.26. The zero-order chi connectivity index (χ0) is 13.5. The maximum absolute atomic E-state index is 3.61. The highest BCUT2D eigenvalue weighted by molar-refractivity contribution is 5.27. The Morgan fingerprint density at radius 1 is 0.889 bits per heavy atom. The molecule has 0 saturated heterocycles. The number of hydrogen-bond acceptors (Lipinski definition) is 1. The van der Waals surface area contributed by atoms with Gasteiger partial charge in [-0.3, -0.25) is 0 Å². The number of rotatable bonds is 7. The highest BCUT2D eigenvalue weighted by Gasteiger charge is 2.16. The van der Waals surface area contributed by atoms with E-state index in [1.165, 1.54) is 24.0 Å². The fourth-order valence-corrected chi connectivity index (χ4v) is 2.37. The smallest absolute Gasteiger partial charge is 0.0345 e. The SMILES string of the molecule is CCNC(c1ccc(C(C)CC)cc1)C(C)CC. The van der Waals surface area contributed by atoms with E-state index in [0.717, 1.165) is 6.54 Å². The Balaban J connectivity index is 2.86. The van der Waals surface area contributed by atoms with Crippen molar-refractivity contribution in [2.24, 2.45) is 5.92 Å². The van der Waals surface area contributed by atoms with Crippen LogP contribution in [-0.4, -0.2) is 6.54 Å². The molecule has 1 N–H and O–H groups in total. The number of nitrogens with one attached hydrogen (secondary N) is 1. The normalized spacial score (nSPS) is 16.3. The van der Waals surface area contributed by atoms with Crippen LogP contribution in [0, 0.1) is 5.92 Å². The fraction of sp³-hybridized carbons (Fsp3) is 0.647. The van der Waals surface area contributed by atoms with Crippen LogP contribution in [0.2, 0.25) is 0 Å². The van der Waals surface area contributed by atoms with Crippen molar-refractivity contribution in [3.8, 4) is 0 Å². The molecule has 3 unspecified atom stereocenters. The minimum atomic E-state index is 0.492. The third kappa shape index (κ3) is 3.84. The average molecular weight is 247 g/mol. The Hall–Kier alpha value is -0.820. The van der Waals surface area contributed by atoms with Crippen molar-refractivity contribution in [3.05, 3.63) is 35.4 Å². The lowest BCUT2D eigenvalue weighted by atomic mass is 9.90. The first kappa shape index (κ1) is 15.2. The van der Waals surface area contributed by atoms with Crippen molar-refractivity contribution in [1.82, 2.24) is 5.32 Å². The summed E-state index contributed by atoms with van der Waals surface area (Å²) < 4.78 is 0. The molecule has 1 heteroatoms. The van der Waals surface area contributed by atoms with Gasteiger partial charge in [-0.05, 0) is 35.9 Å². The molecule has 0 bridgehead atoms. The lowest BCUT2D eigenvalue weighted by molar-refractivity contribution is 0.384. The van der Waals surface area contributed by atoms with Crippen LogP contribution >= 0.6 is 0 Å². The van der Waals surface area contributed by atoms with Gasteiger partial charge < -0.3 is 5.32 Å². The molecule has 1 nitrogen and oxygen atoms in total. The Labute approximate surface area is 113 Å². The summed E-state index contributed by atoms with van der Waals surface area (Å²) in [5, 5.41) is 3.61. The van der Waals surface area contributed by atoms with Gasteiger partial charge in [0, 0.05) is 6.04 Å². The van der Waals surface area contributed by atoms with Gasteiger partial charge >= 0.3 is 0 Å². The summed E-state index contributed by atoms with van der Waals surface area (Å²) in [7, 11) is 0. The third-order valence-electron chi connectivity index (χ3n) is 4.11. The van der Waals surface area contributed by atoms with Crippen molar-refractivity contribution in [2.75, 3.05) is 6.54 Å². The zero-order valence-corrected chi connectivity index (χ0v) is 12.7. The Bertz CT molecular complexity index is 328. The summed E-state index contributed by atoms with van der Waals surface area (Å²) in [6.45, 7) is 12.4. The molecule has 1 rings (SSSR count). The maximum Gasteiger partial charge on any atom is 0.0345 e. The summed E-state index contributed by atoms with van der Waals surface area (Å²) in [5.74, 6) is 1.35. The second kappa shape index (κ2) is 7.58. The van der Waals surface area contributed by atoms with Gasteiger partial charge in [0.05, 0.1) is 0 Å². The molecule has 0 heterocycles. The van der Waals surface area contributed by atoms with Crippen molar-refractivity contribution in [3.63, 3.8) is 0 Å². The van der Waals surface area contributed by atoms with Gasteiger partial charge in [0.1, 0.15) is 0 Å². The van der Waals surface area contributed by atoms with Gasteiger partial charge in [-0.15, -0.1) is 0 Å². The van der Waals surface area contributed by atoms with Crippen LogP contribution < -0.4 is 5.32 Å². The molecule has 0 aromatic heterocycles. The predicted molar refractivity (Wildman–Crippen MR) is 81.0 cm³/mol. The second-order valence-corrected chi connectivity index (χ2v) is 5.40. The molecule has 1 aromatic carbocycles. The van der Waals surface area contributed by atoms with E-state index < -0.39 is 0 Å². The van der Waals surface area contributed by atoms with Gasteiger partial charge in [0.15, 0.2) is 0 Å². The van der Waals surface area contributed by atoms with Crippen LogP contribution in [0.3, 0.4) is 0 Å². The fourth-order valence-electron chi connectivity index (χ4n) is 2.37. The van der Waals surface area contributed by atoms with Crippen LogP contribution in [0.5, 0.6) is 0 Å². The molecule has 0 saturated carbocycles. The first-order chi connectivity index (χ1) is 8.63. The van der Waals surface area contributed by atoms with Crippen LogP contribution in [0.1, 0.15) is 70.5 Å². The van der Waals surface area contributed by atoms with E-state index in [1.807, 2.05) is 0 Å². The van der Waals surface area contributed by atoms with Gasteiger partial charge in [0.25, 0.3) is 0 Å². The van der Waals surface area contributed by atoms with E-state index in [4.69, 9.17) is 0 Å². The number of hydrogen-bond donors (Lipinski definition) is 1. The summed E-state index contributed by atoms with van der Waals surface area (Å²) in [6, 6.07) is 9.71. The van der Waals surface area contributed by atoms with E-state index in [-0.39, 0.29) is 0 Å². The molecule has 3 atom stereocenters. The van der Waals surface area contributed by atoms with E-state index in [0.29, 0.717) is 17.9 Å². The maximum atomic E-state index is 3.61. The van der Waals surface area contributed by atoms with Gasteiger partial charge in [-0.1, -0.05) is 65.3 Å². The Morgan fingerprint density at radius 3 is 1.89 bits per heavy atom. The molecule has 18 heavy (non-hydrogen) atoms. The van der Waals surface area contributed by atoms with Crippen LogP contribution in [0.15, 0.2) is 24.3 Å². The molecule has 0 radical (unpaired) electrons. The summed E-state index contributed by atoms with van der Waals surface area (Å²) >= 11 is 0. The lowest BCUT2D eigenvalue weighted by Gasteiger charge is -2.25. The van der Waals surface area contributed by atoms with Gasteiger partial charge in [-0.2, -0.15) is 0 Å². The van der Waals surface area contributed by atoms with E-state index in [9.17, 15) is 0 Å². The summed E-state index contributed by atoms with van der Waals surface area (Å²) in [4.78, 5) is 0. The largest absolute Gasteiger partial charge is 0.310 e. The lowest BCUT2D eigenvalue weighted by Crippen LogP contribution is -2.26. The van der Waals surface area contributed by atoms with Crippen LogP contribution in [0.25, 0.3) is 0 Å². The van der Waals surface area contributed by atoms with Gasteiger partial charge in [-0.25, -0.2) is 0 Å². The zero-order valence-electron chi connectivity index (χ0n) is 12.7. The summed E-state index contributed by atoms with van der Waals surface area (Å²) in [5.41, 5.74) is 2.89. The van der Waals surface area contributed by atoms with E-state index in [1.54, 1.807) is 0 Å². The van der Waals surface area contributed by atoms with Crippen LogP contribution in [-0.2, 0) is 0 Å². The van der Waals surface area contributed by atoms with Crippen LogP contribution in [0.4, 0.5) is 0 Å². The van der Waals surface area contributed by atoms with E-state index >= 15 is 0 Å². The Kier molecular flexibility index (Phi) is 6.42. The molecule has 0 amide bonds. The molecular weight excluding hydrogens is 218 g/mol. The first-order valence-corrected chi connectivity index (χ1v) is 7.47. The van der Waals surface area contributed by atoms with Crippen molar-refractivity contribution < 1.29 is 0 Å². The first-order valence-electron chi connectivity index (χ1n) is 7.47. The predicted octanol–water partition coefficient (Wildman–Crippen LogP) is 4.90. The van der Waals surface area contributed by atoms with E-state index in [2.05, 4.69) is 64.2 Å². The molecule has 0 fully saturated rings. The molecule has 0 aliphatic rings. The molecule has 0 aliphatic heterocycles. The molecule has 1 aromatic rings. The molecular formula is C17H29N. The van der Waals surface area contributed by atoms with Gasteiger partial charge in [0.2, 0.25) is 0 Å². The average Bonchev–Trinajstić information content (AvgIpc) is 2.43. The van der Waals surface area contributed by atoms with Crippen molar-refractivity contribution >= 4 is 0 Å². The standard InChI is InChI=1S/C17H29N/c1-6-13(4)15-9-11-16(12-10-15)17(18-8-3)14(5)7-2/h9-14,17-18H,6-8H2,1-5H3. The van der Waals surface area contributed by atoms with Crippen molar-refractivity contribution in [2.45, 2.75) is 59.4 Å². The molecule has 0 spiro atoms. The molecule has 0 aliphatic carbocycles. The molecule has 102 valence electrons. The topological polar surface area (TPSA) is 12.0 Å². The quantitative estimate of drug-likeness (QED) is 0.723. The minimum absolute atomic E-state index is 0.492. The number of benzene rings is 1. The minimum Gasteiger partial charge on any atom is -0.310 e. The Morgan fingerprint density at radius 2 is 1.44 bits per heavy atom. The highest BCUT2D eigenvalue weighted by atomic mass is 14.9. The third-order valence-corrected chi connectivity index (χ3v) is 4.11.